The van der Waals surface area contributed by atoms with Crippen molar-refractivity contribution < 1.29 is 4.52 Å². The predicted molar refractivity (Wildman–Crippen MR) is 65.2 cm³/mol. The lowest BCUT2D eigenvalue weighted by Crippen LogP contribution is -1.86. The Labute approximate surface area is 103 Å². The first kappa shape index (κ1) is 10.4. The first-order valence-electron chi connectivity index (χ1n) is 5.28. The molecule has 6 nitrogen and oxygen atoms in total. The van der Waals surface area contributed by atoms with Crippen LogP contribution >= 0.6 is 0 Å². The van der Waals surface area contributed by atoms with Crippen LogP contribution in [0.2, 0.25) is 0 Å². The lowest BCUT2D eigenvalue weighted by atomic mass is 10.2. The molecule has 0 unspecified atom stereocenters. The van der Waals surface area contributed by atoms with Crippen LogP contribution in [0.5, 0.6) is 0 Å². The minimum Gasteiger partial charge on any atom is -0.399 e. The van der Waals surface area contributed by atoms with E-state index in [4.69, 9.17) is 10.3 Å². The molecule has 6 heteroatoms. The summed E-state index contributed by atoms with van der Waals surface area (Å²) in [6, 6.07) is 7.30. The Morgan fingerprint density at radius 3 is 2.67 bits per heavy atom. The van der Waals surface area contributed by atoms with Gasteiger partial charge < -0.3 is 10.3 Å². The molecular weight excluding hydrogens is 230 g/mol. The van der Waals surface area contributed by atoms with Gasteiger partial charge in [-0.05, 0) is 12.1 Å². The van der Waals surface area contributed by atoms with Crippen molar-refractivity contribution in [1.29, 1.82) is 0 Å². The molecule has 0 spiro atoms. The van der Waals surface area contributed by atoms with Gasteiger partial charge in [-0.1, -0.05) is 17.3 Å². The van der Waals surface area contributed by atoms with Crippen molar-refractivity contribution in [2.24, 2.45) is 0 Å². The van der Waals surface area contributed by atoms with E-state index in [-0.39, 0.29) is 0 Å². The minimum atomic E-state index is 0.382. The van der Waals surface area contributed by atoms with E-state index >= 15 is 0 Å². The maximum Gasteiger partial charge on any atom is 0.261 e. The van der Waals surface area contributed by atoms with E-state index in [1.165, 1.54) is 6.33 Å². The number of aromatic nitrogens is 4. The fourth-order valence-electron chi connectivity index (χ4n) is 1.55. The van der Waals surface area contributed by atoms with Crippen molar-refractivity contribution in [1.82, 2.24) is 20.1 Å². The number of anilines is 1. The van der Waals surface area contributed by atoms with Gasteiger partial charge in [-0.3, -0.25) is 0 Å². The molecule has 0 aliphatic carbocycles. The molecule has 0 aliphatic rings. The van der Waals surface area contributed by atoms with Crippen LogP contribution in [0.1, 0.15) is 0 Å². The third kappa shape index (κ3) is 1.91. The maximum absolute atomic E-state index is 5.71. The first-order valence-corrected chi connectivity index (χ1v) is 5.28. The molecule has 2 aromatic heterocycles. The highest BCUT2D eigenvalue weighted by atomic mass is 16.5. The zero-order chi connectivity index (χ0) is 12.4. The van der Waals surface area contributed by atoms with Crippen LogP contribution in [0.4, 0.5) is 5.69 Å². The molecule has 0 saturated heterocycles. The normalized spacial score (nSPS) is 10.4. The van der Waals surface area contributed by atoms with Crippen LogP contribution in [-0.2, 0) is 0 Å². The molecule has 0 saturated carbocycles. The third-order valence-electron chi connectivity index (χ3n) is 2.38. The minimum absolute atomic E-state index is 0.382. The molecule has 88 valence electrons. The number of nitrogens with two attached hydrogens (primary N) is 1. The van der Waals surface area contributed by atoms with E-state index in [0.29, 0.717) is 23.0 Å². The number of nitrogen functional groups attached to an aromatic ring is 1. The number of hydrogen-bond donors (Lipinski definition) is 1. The molecule has 0 fully saturated rings. The summed E-state index contributed by atoms with van der Waals surface area (Å²) in [5.41, 5.74) is 7.85. The second-order valence-electron chi connectivity index (χ2n) is 3.68. The number of nitrogens with zero attached hydrogens (tertiary/aromatic N) is 4. The summed E-state index contributed by atoms with van der Waals surface area (Å²) in [4.78, 5) is 12.1. The molecule has 0 radical (unpaired) electrons. The molecule has 2 N–H and O–H groups in total. The van der Waals surface area contributed by atoms with E-state index in [1.807, 2.05) is 12.1 Å². The molecule has 0 atom stereocenters. The van der Waals surface area contributed by atoms with Gasteiger partial charge in [0.05, 0.1) is 5.56 Å². The van der Waals surface area contributed by atoms with Gasteiger partial charge in [0.1, 0.15) is 6.33 Å². The third-order valence-corrected chi connectivity index (χ3v) is 2.38. The zero-order valence-electron chi connectivity index (χ0n) is 9.32. The van der Waals surface area contributed by atoms with Crippen LogP contribution < -0.4 is 5.73 Å². The van der Waals surface area contributed by atoms with Gasteiger partial charge >= 0.3 is 0 Å². The van der Waals surface area contributed by atoms with E-state index in [1.54, 1.807) is 24.5 Å². The average molecular weight is 239 g/mol. The van der Waals surface area contributed by atoms with Crippen LogP contribution in [-0.4, -0.2) is 20.1 Å². The molecule has 0 bridgehead atoms. The molecule has 0 amide bonds. The van der Waals surface area contributed by atoms with Crippen molar-refractivity contribution in [3.8, 4) is 22.8 Å². The average Bonchev–Trinajstić information content (AvgIpc) is 2.89. The summed E-state index contributed by atoms with van der Waals surface area (Å²) in [6.07, 6.45) is 4.67. The van der Waals surface area contributed by atoms with E-state index in [9.17, 15) is 0 Å². The fraction of sp³-hybridized carbons (Fsp3) is 0. The van der Waals surface area contributed by atoms with Gasteiger partial charge in [-0.15, -0.1) is 0 Å². The van der Waals surface area contributed by atoms with Crippen LogP contribution in [0.15, 0.2) is 47.5 Å². The monoisotopic (exact) mass is 239 g/mol. The van der Waals surface area contributed by atoms with Crippen molar-refractivity contribution in [3.63, 3.8) is 0 Å². The van der Waals surface area contributed by atoms with Crippen molar-refractivity contribution in [2.75, 3.05) is 5.73 Å². The highest BCUT2D eigenvalue weighted by Crippen LogP contribution is 2.22. The predicted octanol–water partition coefficient (Wildman–Crippen LogP) is 1.78. The zero-order valence-corrected chi connectivity index (χ0v) is 9.32. The summed E-state index contributed by atoms with van der Waals surface area (Å²) < 4.78 is 5.16. The summed E-state index contributed by atoms with van der Waals surface area (Å²) in [5.74, 6) is 0.870. The number of hydrogen-bond acceptors (Lipinski definition) is 6. The molecule has 18 heavy (non-hydrogen) atoms. The van der Waals surface area contributed by atoms with Gasteiger partial charge in [0.15, 0.2) is 0 Å². The summed E-state index contributed by atoms with van der Waals surface area (Å²) >= 11 is 0. The topological polar surface area (TPSA) is 90.7 Å². The quantitative estimate of drug-likeness (QED) is 0.685. The summed E-state index contributed by atoms with van der Waals surface area (Å²) in [5, 5.41) is 3.91. The molecule has 2 heterocycles. The standard InChI is InChI=1S/C12H9N5O/c13-10-3-1-2-8(4-10)11-16-12(18-17-11)9-5-14-7-15-6-9/h1-7H,13H2. The summed E-state index contributed by atoms with van der Waals surface area (Å²) in [6.45, 7) is 0. The Morgan fingerprint density at radius 1 is 1.06 bits per heavy atom. The van der Waals surface area contributed by atoms with Gasteiger partial charge in [-0.25, -0.2) is 9.97 Å². The molecule has 3 rings (SSSR count). The first-order chi connectivity index (χ1) is 8.83. The van der Waals surface area contributed by atoms with Crippen LogP contribution in [0.3, 0.4) is 0 Å². The SMILES string of the molecule is Nc1cccc(-c2noc(-c3cncnc3)n2)c1. The second kappa shape index (κ2) is 4.25. The summed E-state index contributed by atoms with van der Waals surface area (Å²) in [7, 11) is 0. The molecule has 1 aromatic carbocycles. The number of benzene rings is 1. The van der Waals surface area contributed by atoms with E-state index in [0.717, 1.165) is 5.56 Å². The van der Waals surface area contributed by atoms with Gasteiger partial charge in [-0.2, -0.15) is 4.98 Å². The van der Waals surface area contributed by atoms with E-state index < -0.39 is 0 Å². The largest absolute Gasteiger partial charge is 0.399 e. The molecular formula is C12H9N5O. The van der Waals surface area contributed by atoms with Crippen molar-refractivity contribution in [3.05, 3.63) is 43.0 Å². The van der Waals surface area contributed by atoms with Crippen LogP contribution in [0.25, 0.3) is 22.8 Å². The lowest BCUT2D eigenvalue weighted by molar-refractivity contribution is 0.432. The fourth-order valence-corrected chi connectivity index (χ4v) is 1.55. The van der Waals surface area contributed by atoms with Gasteiger partial charge in [0, 0.05) is 23.6 Å². The Balaban J connectivity index is 2.00. The highest BCUT2D eigenvalue weighted by Gasteiger charge is 2.10. The van der Waals surface area contributed by atoms with E-state index in [2.05, 4.69) is 20.1 Å². The smallest absolute Gasteiger partial charge is 0.261 e. The maximum atomic E-state index is 5.71. The van der Waals surface area contributed by atoms with Crippen molar-refractivity contribution in [2.45, 2.75) is 0 Å². The van der Waals surface area contributed by atoms with Crippen molar-refractivity contribution >= 4 is 5.69 Å². The Kier molecular flexibility index (Phi) is 2.45. The van der Waals surface area contributed by atoms with Gasteiger partial charge in [0.25, 0.3) is 5.89 Å². The highest BCUT2D eigenvalue weighted by molar-refractivity contribution is 5.62. The lowest BCUT2D eigenvalue weighted by Gasteiger charge is -1.95. The second-order valence-corrected chi connectivity index (χ2v) is 3.68. The van der Waals surface area contributed by atoms with Gasteiger partial charge in [0.2, 0.25) is 5.82 Å². The molecule has 3 aromatic rings. The van der Waals surface area contributed by atoms with Crippen LogP contribution in [0, 0.1) is 0 Å². The Morgan fingerprint density at radius 2 is 1.89 bits per heavy atom. The Hall–Kier alpha value is -2.76. The number of rotatable bonds is 2. The molecule has 0 aliphatic heterocycles. The Bertz CT molecular complexity index is 665.